The predicted octanol–water partition coefficient (Wildman–Crippen LogP) is 2.65. The third-order valence-corrected chi connectivity index (χ3v) is 3.01. The molecule has 2 rings (SSSR count). The number of nitrogens with one attached hydrogen (secondary N) is 1. The van der Waals surface area contributed by atoms with Crippen molar-refractivity contribution in [3.05, 3.63) is 71.8 Å². The second kappa shape index (κ2) is 5.62. The molecule has 2 heteroatoms. The zero-order valence-corrected chi connectivity index (χ0v) is 10.0. The van der Waals surface area contributed by atoms with Crippen LogP contribution in [0.2, 0.25) is 0 Å². The topological polar surface area (TPSA) is 38.0 Å². The highest BCUT2D eigenvalue weighted by Gasteiger charge is 2.18. The summed E-state index contributed by atoms with van der Waals surface area (Å²) in [5.41, 5.74) is 8.68. The second-order valence-electron chi connectivity index (χ2n) is 4.11. The number of hydrogen-bond acceptors (Lipinski definition) is 2. The minimum atomic E-state index is -0.0383. The molecule has 0 aliphatic carbocycles. The van der Waals surface area contributed by atoms with Crippen LogP contribution in [0.1, 0.15) is 23.2 Å². The lowest BCUT2D eigenvalue weighted by Gasteiger charge is -2.24. The number of nitrogens with two attached hydrogens (primary N) is 1. The Balaban J connectivity index is 2.25. The first-order chi connectivity index (χ1) is 8.33. The Morgan fingerprint density at radius 1 is 0.824 bits per heavy atom. The standard InChI is InChI=1S/C15H18N2/c1-17-15(13-10-6-3-7-11-13)14(16)12-8-4-2-5-9-12/h2-11,14-15,17H,16H2,1H3. The zero-order chi connectivity index (χ0) is 12.1. The Bertz CT molecular complexity index is 439. The number of benzene rings is 2. The number of rotatable bonds is 4. The highest BCUT2D eigenvalue weighted by molar-refractivity contribution is 5.27. The summed E-state index contributed by atoms with van der Waals surface area (Å²) in [6, 6.07) is 20.6. The van der Waals surface area contributed by atoms with Gasteiger partial charge in [-0.1, -0.05) is 60.7 Å². The molecular weight excluding hydrogens is 208 g/mol. The van der Waals surface area contributed by atoms with E-state index >= 15 is 0 Å². The van der Waals surface area contributed by atoms with Crippen LogP contribution in [0, 0.1) is 0 Å². The summed E-state index contributed by atoms with van der Waals surface area (Å²) < 4.78 is 0. The monoisotopic (exact) mass is 226 g/mol. The molecule has 0 heterocycles. The minimum Gasteiger partial charge on any atom is -0.322 e. The van der Waals surface area contributed by atoms with Gasteiger partial charge in [0.2, 0.25) is 0 Å². The zero-order valence-electron chi connectivity index (χ0n) is 10.0. The van der Waals surface area contributed by atoms with E-state index in [-0.39, 0.29) is 12.1 Å². The minimum absolute atomic E-state index is 0.0383. The van der Waals surface area contributed by atoms with E-state index in [2.05, 4.69) is 29.6 Å². The lowest BCUT2D eigenvalue weighted by molar-refractivity contribution is 0.491. The molecule has 0 bridgehead atoms. The van der Waals surface area contributed by atoms with Crippen LogP contribution < -0.4 is 11.1 Å². The van der Waals surface area contributed by atoms with Crippen molar-refractivity contribution in [2.24, 2.45) is 5.73 Å². The lowest BCUT2D eigenvalue weighted by Crippen LogP contribution is -2.29. The van der Waals surface area contributed by atoms with Crippen LogP contribution >= 0.6 is 0 Å². The quantitative estimate of drug-likeness (QED) is 0.841. The normalized spacial score (nSPS) is 14.2. The van der Waals surface area contributed by atoms with Gasteiger partial charge in [-0.25, -0.2) is 0 Å². The predicted molar refractivity (Wildman–Crippen MR) is 71.6 cm³/mol. The summed E-state index contributed by atoms with van der Waals surface area (Å²) in [4.78, 5) is 0. The smallest absolute Gasteiger partial charge is 0.0513 e. The Labute approximate surface area is 102 Å². The van der Waals surface area contributed by atoms with Gasteiger partial charge in [-0.15, -0.1) is 0 Å². The molecule has 2 aromatic carbocycles. The van der Waals surface area contributed by atoms with Crippen LogP contribution in [0.4, 0.5) is 0 Å². The molecule has 0 aromatic heterocycles. The molecule has 0 spiro atoms. The molecule has 0 aliphatic heterocycles. The fourth-order valence-electron chi connectivity index (χ4n) is 2.08. The average molecular weight is 226 g/mol. The molecule has 0 saturated heterocycles. The van der Waals surface area contributed by atoms with E-state index in [0.29, 0.717) is 0 Å². The summed E-state index contributed by atoms with van der Waals surface area (Å²) in [6.45, 7) is 0. The van der Waals surface area contributed by atoms with E-state index in [4.69, 9.17) is 5.73 Å². The van der Waals surface area contributed by atoms with Crippen molar-refractivity contribution in [2.45, 2.75) is 12.1 Å². The fourth-order valence-corrected chi connectivity index (χ4v) is 2.08. The van der Waals surface area contributed by atoms with E-state index in [9.17, 15) is 0 Å². The van der Waals surface area contributed by atoms with Crippen LogP contribution in [0.3, 0.4) is 0 Å². The van der Waals surface area contributed by atoms with Crippen LogP contribution in [0.25, 0.3) is 0 Å². The molecule has 2 aromatic rings. The molecule has 3 N–H and O–H groups in total. The van der Waals surface area contributed by atoms with Crippen molar-refractivity contribution >= 4 is 0 Å². The summed E-state index contributed by atoms with van der Waals surface area (Å²) in [6.07, 6.45) is 0. The molecule has 0 aliphatic rings. The summed E-state index contributed by atoms with van der Waals surface area (Å²) >= 11 is 0. The van der Waals surface area contributed by atoms with E-state index in [0.717, 1.165) is 5.56 Å². The van der Waals surface area contributed by atoms with Crippen molar-refractivity contribution in [3.63, 3.8) is 0 Å². The van der Waals surface area contributed by atoms with Gasteiger partial charge >= 0.3 is 0 Å². The Morgan fingerprint density at radius 3 is 1.76 bits per heavy atom. The van der Waals surface area contributed by atoms with E-state index in [1.165, 1.54) is 5.56 Å². The van der Waals surface area contributed by atoms with Crippen molar-refractivity contribution in [1.29, 1.82) is 0 Å². The van der Waals surface area contributed by atoms with E-state index in [1.54, 1.807) is 0 Å². The summed E-state index contributed by atoms with van der Waals surface area (Å²) in [7, 11) is 1.94. The van der Waals surface area contributed by atoms with Crippen LogP contribution in [0.15, 0.2) is 60.7 Å². The summed E-state index contributed by atoms with van der Waals surface area (Å²) in [5, 5.41) is 3.29. The highest BCUT2D eigenvalue weighted by Crippen LogP contribution is 2.25. The number of hydrogen-bond donors (Lipinski definition) is 2. The Kier molecular flexibility index (Phi) is 3.91. The maximum Gasteiger partial charge on any atom is 0.0513 e. The molecule has 17 heavy (non-hydrogen) atoms. The first kappa shape index (κ1) is 11.8. The molecule has 2 nitrogen and oxygen atoms in total. The average Bonchev–Trinajstić information content (AvgIpc) is 2.42. The van der Waals surface area contributed by atoms with Gasteiger partial charge in [-0.05, 0) is 18.2 Å². The van der Waals surface area contributed by atoms with Crippen molar-refractivity contribution in [1.82, 2.24) is 5.32 Å². The third-order valence-electron chi connectivity index (χ3n) is 3.01. The van der Waals surface area contributed by atoms with Crippen LogP contribution in [0.5, 0.6) is 0 Å². The first-order valence-electron chi connectivity index (χ1n) is 5.85. The SMILES string of the molecule is CNC(c1ccccc1)C(N)c1ccccc1. The molecule has 0 fully saturated rings. The van der Waals surface area contributed by atoms with Gasteiger partial charge in [-0.2, -0.15) is 0 Å². The Morgan fingerprint density at radius 2 is 1.29 bits per heavy atom. The second-order valence-corrected chi connectivity index (χ2v) is 4.11. The maximum absolute atomic E-state index is 6.32. The van der Waals surface area contributed by atoms with Crippen molar-refractivity contribution in [2.75, 3.05) is 7.05 Å². The Hall–Kier alpha value is -1.64. The largest absolute Gasteiger partial charge is 0.322 e. The van der Waals surface area contributed by atoms with Gasteiger partial charge in [0.25, 0.3) is 0 Å². The first-order valence-corrected chi connectivity index (χ1v) is 5.85. The van der Waals surface area contributed by atoms with Gasteiger partial charge in [0.15, 0.2) is 0 Å². The van der Waals surface area contributed by atoms with Gasteiger partial charge in [0, 0.05) is 6.04 Å². The fraction of sp³-hybridized carbons (Fsp3) is 0.200. The van der Waals surface area contributed by atoms with Crippen molar-refractivity contribution < 1.29 is 0 Å². The van der Waals surface area contributed by atoms with E-state index in [1.807, 2.05) is 43.4 Å². The van der Waals surface area contributed by atoms with Crippen LogP contribution in [-0.2, 0) is 0 Å². The van der Waals surface area contributed by atoms with Crippen LogP contribution in [-0.4, -0.2) is 7.05 Å². The maximum atomic E-state index is 6.32. The third kappa shape index (κ3) is 2.73. The summed E-state index contributed by atoms with van der Waals surface area (Å²) in [5.74, 6) is 0. The molecule has 2 atom stereocenters. The lowest BCUT2D eigenvalue weighted by atomic mass is 9.94. The van der Waals surface area contributed by atoms with E-state index < -0.39 is 0 Å². The van der Waals surface area contributed by atoms with Gasteiger partial charge < -0.3 is 11.1 Å². The number of likely N-dealkylation sites (N-methyl/N-ethyl adjacent to an activating group) is 1. The molecule has 2 unspecified atom stereocenters. The van der Waals surface area contributed by atoms with Gasteiger partial charge in [0.1, 0.15) is 0 Å². The van der Waals surface area contributed by atoms with Crippen molar-refractivity contribution in [3.8, 4) is 0 Å². The molecule has 0 amide bonds. The van der Waals surface area contributed by atoms with Gasteiger partial charge in [-0.3, -0.25) is 0 Å². The highest BCUT2D eigenvalue weighted by atomic mass is 14.9. The molecule has 88 valence electrons. The molecular formula is C15H18N2. The molecule has 0 saturated carbocycles. The molecule has 0 radical (unpaired) electrons. The van der Waals surface area contributed by atoms with Gasteiger partial charge in [0.05, 0.1) is 6.04 Å².